The molecule has 1 N–H and O–H groups in total. The van der Waals surface area contributed by atoms with Crippen LogP contribution in [0.25, 0.3) is 0 Å². The van der Waals surface area contributed by atoms with E-state index in [4.69, 9.17) is 4.74 Å². The van der Waals surface area contributed by atoms with Gasteiger partial charge < -0.3 is 10.1 Å². The fourth-order valence-electron chi connectivity index (χ4n) is 3.16. The molecule has 5 nitrogen and oxygen atoms in total. The third kappa shape index (κ3) is 3.40. The molecule has 1 amide bonds. The molecule has 1 atom stereocenters. The van der Waals surface area contributed by atoms with Gasteiger partial charge in [0.05, 0.1) is 17.9 Å². The zero-order valence-corrected chi connectivity index (χ0v) is 16.3. The second-order valence-electron chi connectivity index (χ2n) is 6.09. The SMILES string of the molecule is CCOc1ccc(N2C(=O)c3cccnc3[C@H]2Nc2ccc(Br)cc2)cc1. The lowest BCUT2D eigenvalue weighted by Crippen LogP contribution is -2.32. The predicted octanol–water partition coefficient (Wildman–Crippen LogP) is 5.01. The first-order valence-electron chi connectivity index (χ1n) is 8.71. The highest BCUT2D eigenvalue weighted by Crippen LogP contribution is 2.37. The van der Waals surface area contributed by atoms with Gasteiger partial charge in [0.2, 0.25) is 0 Å². The van der Waals surface area contributed by atoms with Gasteiger partial charge in [0.1, 0.15) is 5.75 Å². The van der Waals surface area contributed by atoms with Gasteiger partial charge in [-0.25, -0.2) is 0 Å². The summed E-state index contributed by atoms with van der Waals surface area (Å²) in [5.74, 6) is 0.706. The van der Waals surface area contributed by atoms with E-state index in [1.165, 1.54) is 0 Å². The van der Waals surface area contributed by atoms with Gasteiger partial charge in [-0.05, 0) is 67.6 Å². The van der Waals surface area contributed by atoms with E-state index in [9.17, 15) is 4.79 Å². The van der Waals surface area contributed by atoms with Gasteiger partial charge in [0.15, 0.2) is 6.17 Å². The number of ether oxygens (including phenoxy) is 1. The van der Waals surface area contributed by atoms with Crippen molar-refractivity contribution in [3.05, 3.63) is 82.6 Å². The summed E-state index contributed by atoms with van der Waals surface area (Å²) in [6.45, 7) is 2.55. The number of fused-ring (bicyclic) bond motifs is 1. The summed E-state index contributed by atoms with van der Waals surface area (Å²) in [4.78, 5) is 19.3. The molecular weight excluding hydrogens is 406 g/mol. The van der Waals surface area contributed by atoms with Gasteiger partial charge in [-0.2, -0.15) is 0 Å². The average molecular weight is 424 g/mol. The van der Waals surface area contributed by atoms with Crippen molar-refractivity contribution in [2.24, 2.45) is 0 Å². The van der Waals surface area contributed by atoms with Gasteiger partial charge in [-0.3, -0.25) is 14.7 Å². The van der Waals surface area contributed by atoms with Gasteiger partial charge in [-0.1, -0.05) is 15.9 Å². The molecule has 0 fully saturated rings. The number of pyridine rings is 1. The van der Waals surface area contributed by atoms with E-state index in [1.54, 1.807) is 17.2 Å². The molecule has 3 aromatic rings. The molecule has 1 aromatic heterocycles. The highest BCUT2D eigenvalue weighted by atomic mass is 79.9. The summed E-state index contributed by atoms with van der Waals surface area (Å²) < 4.78 is 6.51. The minimum atomic E-state index is -0.382. The molecule has 0 saturated carbocycles. The maximum absolute atomic E-state index is 13.1. The van der Waals surface area contributed by atoms with E-state index in [-0.39, 0.29) is 12.1 Å². The Morgan fingerprint density at radius 3 is 2.56 bits per heavy atom. The Hall–Kier alpha value is -2.86. The molecule has 136 valence electrons. The smallest absolute Gasteiger partial charge is 0.262 e. The van der Waals surface area contributed by atoms with Crippen molar-refractivity contribution in [3.8, 4) is 5.75 Å². The molecule has 1 aliphatic rings. The van der Waals surface area contributed by atoms with Crippen molar-refractivity contribution < 1.29 is 9.53 Å². The van der Waals surface area contributed by atoms with Crippen LogP contribution in [0.2, 0.25) is 0 Å². The lowest BCUT2D eigenvalue weighted by Gasteiger charge is -2.26. The summed E-state index contributed by atoms with van der Waals surface area (Å²) in [5, 5.41) is 3.43. The van der Waals surface area contributed by atoms with Crippen LogP contribution in [0.15, 0.2) is 71.3 Å². The van der Waals surface area contributed by atoms with Gasteiger partial charge in [-0.15, -0.1) is 0 Å². The Morgan fingerprint density at radius 1 is 1.11 bits per heavy atom. The van der Waals surface area contributed by atoms with Crippen LogP contribution in [0.5, 0.6) is 5.75 Å². The zero-order valence-electron chi connectivity index (χ0n) is 14.7. The minimum absolute atomic E-state index is 0.0723. The Balaban J connectivity index is 1.71. The number of anilines is 2. The van der Waals surface area contributed by atoms with Crippen LogP contribution in [0, 0.1) is 0 Å². The molecule has 27 heavy (non-hydrogen) atoms. The maximum Gasteiger partial charge on any atom is 0.262 e. The van der Waals surface area contributed by atoms with Crippen LogP contribution in [0.4, 0.5) is 11.4 Å². The van der Waals surface area contributed by atoms with Crippen molar-refractivity contribution >= 4 is 33.2 Å². The summed E-state index contributed by atoms with van der Waals surface area (Å²) in [5.41, 5.74) is 3.03. The van der Waals surface area contributed by atoms with Crippen molar-refractivity contribution in [3.63, 3.8) is 0 Å². The highest BCUT2D eigenvalue weighted by Gasteiger charge is 2.38. The number of halogens is 1. The number of hydrogen-bond donors (Lipinski definition) is 1. The topological polar surface area (TPSA) is 54.5 Å². The summed E-state index contributed by atoms with van der Waals surface area (Å²) in [6.07, 6.45) is 1.33. The molecule has 1 aliphatic heterocycles. The zero-order chi connectivity index (χ0) is 18.8. The van der Waals surface area contributed by atoms with Crippen LogP contribution in [-0.2, 0) is 0 Å². The number of amides is 1. The third-order valence-corrected chi connectivity index (χ3v) is 4.91. The van der Waals surface area contributed by atoms with Crippen LogP contribution in [0.3, 0.4) is 0 Å². The Kier molecular flexibility index (Phi) is 4.81. The van der Waals surface area contributed by atoms with Crippen molar-refractivity contribution in [1.29, 1.82) is 0 Å². The molecule has 6 heteroatoms. The Labute approximate surface area is 166 Å². The number of rotatable bonds is 5. The molecule has 0 saturated heterocycles. The van der Waals surface area contributed by atoms with Crippen LogP contribution >= 0.6 is 15.9 Å². The Bertz CT molecular complexity index is 958. The molecule has 0 bridgehead atoms. The molecule has 2 heterocycles. The van der Waals surface area contributed by atoms with Crippen molar-refractivity contribution in [2.45, 2.75) is 13.1 Å². The van der Waals surface area contributed by atoms with E-state index >= 15 is 0 Å². The van der Waals surface area contributed by atoms with E-state index in [2.05, 4.69) is 26.2 Å². The van der Waals surface area contributed by atoms with Gasteiger partial charge >= 0.3 is 0 Å². The third-order valence-electron chi connectivity index (χ3n) is 4.38. The maximum atomic E-state index is 13.1. The minimum Gasteiger partial charge on any atom is -0.494 e. The molecule has 2 aromatic carbocycles. The first-order chi connectivity index (χ1) is 13.2. The molecule has 0 aliphatic carbocycles. The number of nitrogens with zero attached hydrogens (tertiary/aromatic N) is 2. The monoisotopic (exact) mass is 423 g/mol. The van der Waals surface area contributed by atoms with Crippen LogP contribution in [-0.4, -0.2) is 17.5 Å². The fraction of sp³-hybridized carbons (Fsp3) is 0.143. The lowest BCUT2D eigenvalue weighted by atomic mass is 10.2. The average Bonchev–Trinajstić information content (AvgIpc) is 2.97. The number of carbonyl (C=O) groups is 1. The van der Waals surface area contributed by atoms with E-state index in [0.29, 0.717) is 12.2 Å². The van der Waals surface area contributed by atoms with Crippen molar-refractivity contribution in [1.82, 2.24) is 4.98 Å². The first kappa shape index (κ1) is 17.5. The Morgan fingerprint density at radius 2 is 1.85 bits per heavy atom. The molecular formula is C21H18BrN3O2. The molecule has 0 radical (unpaired) electrons. The summed E-state index contributed by atoms with van der Waals surface area (Å²) in [7, 11) is 0. The fourth-order valence-corrected chi connectivity index (χ4v) is 3.42. The second kappa shape index (κ2) is 7.40. The van der Waals surface area contributed by atoms with E-state index in [0.717, 1.165) is 27.3 Å². The number of aromatic nitrogens is 1. The summed E-state index contributed by atoms with van der Waals surface area (Å²) >= 11 is 3.45. The van der Waals surface area contributed by atoms with Crippen molar-refractivity contribution in [2.75, 3.05) is 16.8 Å². The predicted molar refractivity (Wildman–Crippen MR) is 109 cm³/mol. The molecule has 0 spiro atoms. The summed E-state index contributed by atoms with van der Waals surface area (Å²) in [6, 6.07) is 19.0. The molecule has 0 unspecified atom stereocenters. The quantitative estimate of drug-likeness (QED) is 0.626. The van der Waals surface area contributed by atoms with Crippen LogP contribution < -0.4 is 15.0 Å². The van der Waals surface area contributed by atoms with Gasteiger partial charge in [0.25, 0.3) is 5.91 Å². The number of hydrogen-bond acceptors (Lipinski definition) is 4. The van der Waals surface area contributed by atoms with Crippen LogP contribution in [0.1, 0.15) is 29.1 Å². The molecule has 4 rings (SSSR count). The number of carbonyl (C=O) groups excluding carboxylic acids is 1. The normalized spacial score (nSPS) is 15.6. The second-order valence-corrected chi connectivity index (χ2v) is 7.01. The largest absolute Gasteiger partial charge is 0.494 e. The lowest BCUT2D eigenvalue weighted by molar-refractivity contribution is 0.0993. The van der Waals surface area contributed by atoms with E-state index < -0.39 is 0 Å². The standard InChI is InChI=1S/C21H18BrN3O2/c1-2-27-17-11-9-16(10-12-17)25-20(24-15-7-5-14(22)6-8-15)19-18(21(25)26)4-3-13-23-19/h3-13,20,24H,2H2,1H3/t20-/m0/s1. The first-order valence-corrected chi connectivity index (χ1v) is 9.50. The highest BCUT2D eigenvalue weighted by molar-refractivity contribution is 9.10. The van der Waals surface area contributed by atoms with E-state index in [1.807, 2.05) is 61.5 Å². The number of benzene rings is 2. The number of nitrogens with one attached hydrogen (secondary N) is 1. The van der Waals surface area contributed by atoms with Gasteiger partial charge in [0, 0.05) is 22.0 Å².